The van der Waals surface area contributed by atoms with Gasteiger partial charge in [-0.2, -0.15) is 13.2 Å². The number of carbonyl (C=O) groups excluding carboxylic acids is 1. The van der Waals surface area contributed by atoms with Crippen molar-refractivity contribution in [3.05, 3.63) is 29.8 Å². The number of nitrogens with zero attached hydrogens (tertiary/aromatic N) is 1. The zero-order valence-corrected chi connectivity index (χ0v) is 16.8. The number of rotatable bonds is 3. The largest absolute Gasteiger partial charge is 0.416 e. The molecule has 0 heterocycles. The molecule has 0 aromatic heterocycles. The van der Waals surface area contributed by atoms with E-state index < -0.39 is 11.7 Å². The van der Waals surface area contributed by atoms with Crippen molar-refractivity contribution in [1.82, 2.24) is 5.32 Å². The van der Waals surface area contributed by atoms with Crippen LogP contribution in [0.2, 0.25) is 0 Å². The molecule has 0 radical (unpaired) electrons. The third-order valence-corrected chi connectivity index (χ3v) is 4.66. The molecule has 1 aromatic carbocycles. The van der Waals surface area contributed by atoms with Crippen molar-refractivity contribution in [2.24, 2.45) is 11.8 Å². The first-order valence-corrected chi connectivity index (χ1v) is 9.23. The fourth-order valence-corrected chi connectivity index (χ4v) is 3.12. The van der Waals surface area contributed by atoms with E-state index in [0.717, 1.165) is 31.4 Å². The van der Waals surface area contributed by atoms with Gasteiger partial charge in [0.25, 0.3) is 0 Å². The van der Waals surface area contributed by atoms with Crippen molar-refractivity contribution in [2.45, 2.75) is 59.2 Å². The number of alkyl halides is 3. The third-order valence-electron chi connectivity index (χ3n) is 4.66. The lowest BCUT2D eigenvalue weighted by atomic mass is 9.98. The van der Waals surface area contributed by atoms with Gasteiger partial charge in [-0.3, -0.25) is 4.90 Å². The quantitative estimate of drug-likeness (QED) is 0.642. The second-order valence-electron chi connectivity index (χ2n) is 6.52. The minimum absolute atomic E-state index is 0.0145. The van der Waals surface area contributed by atoms with Gasteiger partial charge in [0.05, 0.1) is 5.56 Å². The highest BCUT2D eigenvalue weighted by atomic mass is 19.4. The minimum Gasteiger partial charge on any atom is -0.335 e. The van der Waals surface area contributed by atoms with E-state index in [2.05, 4.69) is 25.1 Å². The highest BCUT2D eigenvalue weighted by molar-refractivity contribution is 5.91. The molecule has 2 amide bonds. The van der Waals surface area contributed by atoms with Crippen LogP contribution in [-0.2, 0) is 6.18 Å². The van der Waals surface area contributed by atoms with E-state index in [1.54, 1.807) is 0 Å². The summed E-state index contributed by atoms with van der Waals surface area (Å²) in [6.07, 6.45) is 6.90. The molecule has 27 heavy (non-hydrogen) atoms. The van der Waals surface area contributed by atoms with Crippen LogP contribution in [0, 0.1) is 24.7 Å². The Balaban J connectivity index is 0.00000158. The van der Waals surface area contributed by atoms with Crippen LogP contribution in [0.25, 0.3) is 0 Å². The number of anilines is 1. The van der Waals surface area contributed by atoms with Gasteiger partial charge >= 0.3 is 12.2 Å². The van der Waals surface area contributed by atoms with Gasteiger partial charge in [0.2, 0.25) is 0 Å². The van der Waals surface area contributed by atoms with Crippen LogP contribution in [0.1, 0.15) is 52.5 Å². The van der Waals surface area contributed by atoms with Gasteiger partial charge < -0.3 is 5.32 Å². The fraction of sp³-hybridized carbons (Fsp3) is 0.571. The molecule has 0 saturated heterocycles. The third kappa shape index (κ3) is 7.54. The van der Waals surface area contributed by atoms with Gasteiger partial charge in [-0.25, -0.2) is 4.79 Å². The summed E-state index contributed by atoms with van der Waals surface area (Å²) in [7, 11) is 1.48. The van der Waals surface area contributed by atoms with Gasteiger partial charge in [0.1, 0.15) is 0 Å². The van der Waals surface area contributed by atoms with Gasteiger partial charge in [-0.15, -0.1) is 12.8 Å². The molecule has 1 aliphatic carbocycles. The first kappa shape index (κ1) is 24.8. The summed E-state index contributed by atoms with van der Waals surface area (Å²) >= 11 is 0. The maximum Gasteiger partial charge on any atom is 0.416 e. The molecule has 1 aliphatic rings. The molecule has 0 bridgehead atoms. The molecule has 152 valence electrons. The van der Waals surface area contributed by atoms with Crippen molar-refractivity contribution >= 4 is 11.7 Å². The molecular formula is C21H31F3N2O. The minimum atomic E-state index is -4.42. The van der Waals surface area contributed by atoms with Crippen LogP contribution in [0.4, 0.5) is 23.7 Å². The number of hydrogen-bond donors (Lipinski definition) is 1. The van der Waals surface area contributed by atoms with E-state index in [-0.39, 0.29) is 17.8 Å². The molecule has 1 fully saturated rings. The monoisotopic (exact) mass is 384 g/mol. The Morgan fingerprint density at radius 3 is 2.33 bits per heavy atom. The first-order valence-electron chi connectivity index (χ1n) is 9.23. The molecule has 6 heteroatoms. The van der Waals surface area contributed by atoms with E-state index in [0.29, 0.717) is 11.8 Å². The molecule has 3 atom stereocenters. The zero-order valence-electron chi connectivity index (χ0n) is 16.8. The number of hydrogen-bond acceptors (Lipinski definition) is 1. The standard InChI is InChI=1S/C17H23F3N2O.C2H6.C2H2/c1-11-7-8-13(9-11)12(2)21-16(23)22(3)15-6-4-5-14(10-15)17(18,19)20;2*1-2/h4-6,10-13H,7-9H2,1-3H3,(H,21,23);1-2H3;1-2H/t11?,12-,13?;;/m1../s1. The number of carbonyl (C=O) groups is 1. The highest BCUT2D eigenvalue weighted by Crippen LogP contribution is 2.33. The van der Waals surface area contributed by atoms with Gasteiger partial charge in [0.15, 0.2) is 0 Å². The van der Waals surface area contributed by atoms with Crippen molar-refractivity contribution in [2.75, 3.05) is 11.9 Å². The van der Waals surface area contributed by atoms with E-state index in [1.807, 2.05) is 20.8 Å². The second-order valence-corrected chi connectivity index (χ2v) is 6.52. The van der Waals surface area contributed by atoms with Crippen LogP contribution in [-0.4, -0.2) is 19.1 Å². The number of terminal acetylenes is 1. The van der Waals surface area contributed by atoms with Crippen LogP contribution in [0.5, 0.6) is 0 Å². The van der Waals surface area contributed by atoms with Crippen molar-refractivity contribution < 1.29 is 18.0 Å². The lowest BCUT2D eigenvalue weighted by molar-refractivity contribution is -0.137. The summed E-state index contributed by atoms with van der Waals surface area (Å²) in [5, 5.41) is 2.90. The molecule has 2 rings (SSSR count). The zero-order chi connectivity index (χ0) is 21.2. The molecule has 0 spiro atoms. The average Bonchev–Trinajstić information content (AvgIpc) is 3.10. The Morgan fingerprint density at radius 2 is 1.85 bits per heavy atom. The molecular weight excluding hydrogens is 353 g/mol. The fourth-order valence-electron chi connectivity index (χ4n) is 3.12. The molecule has 1 N–H and O–H groups in total. The van der Waals surface area contributed by atoms with Crippen molar-refractivity contribution in [3.8, 4) is 12.8 Å². The normalized spacial score (nSPS) is 19.6. The average molecular weight is 384 g/mol. The SMILES string of the molecule is C#C.CC.CC1CCC([C@@H](C)NC(=O)N(C)c2cccc(C(F)(F)F)c2)C1. The Hall–Kier alpha value is -2.16. The number of benzene rings is 1. The second kappa shape index (κ2) is 11.5. The van der Waals surface area contributed by atoms with E-state index in [4.69, 9.17) is 0 Å². The summed E-state index contributed by atoms with van der Waals surface area (Å²) < 4.78 is 38.3. The Bertz CT molecular complexity index is 599. The summed E-state index contributed by atoms with van der Waals surface area (Å²) in [6, 6.07) is 4.43. The summed E-state index contributed by atoms with van der Waals surface area (Å²) in [4.78, 5) is 13.5. The number of amides is 2. The predicted octanol–water partition coefficient (Wildman–Crippen LogP) is 5.95. The maximum absolute atomic E-state index is 12.8. The van der Waals surface area contributed by atoms with E-state index in [1.165, 1.54) is 24.1 Å². The number of urea groups is 1. The number of nitrogens with one attached hydrogen (secondary N) is 1. The Kier molecular flexibility index (Phi) is 10.6. The lowest BCUT2D eigenvalue weighted by Gasteiger charge is -2.25. The van der Waals surface area contributed by atoms with Gasteiger partial charge in [-0.1, -0.05) is 33.3 Å². The summed E-state index contributed by atoms with van der Waals surface area (Å²) in [6.45, 7) is 8.16. The maximum atomic E-state index is 12.8. The van der Waals surface area contributed by atoms with Crippen LogP contribution in [0.3, 0.4) is 0 Å². The van der Waals surface area contributed by atoms with E-state index >= 15 is 0 Å². The number of halogens is 3. The first-order chi connectivity index (χ1) is 12.7. The van der Waals surface area contributed by atoms with Crippen LogP contribution < -0.4 is 10.2 Å². The topological polar surface area (TPSA) is 32.3 Å². The molecule has 3 nitrogen and oxygen atoms in total. The van der Waals surface area contributed by atoms with Crippen LogP contribution in [0.15, 0.2) is 24.3 Å². The van der Waals surface area contributed by atoms with E-state index in [9.17, 15) is 18.0 Å². The predicted molar refractivity (Wildman–Crippen MR) is 106 cm³/mol. The summed E-state index contributed by atoms with van der Waals surface area (Å²) in [5.74, 6) is 1.10. The van der Waals surface area contributed by atoms with Gasteiger partial charge in [0, 0.05) is 18.8 Å². The lowest BCUT2D eigenvalue weighted by Crippen LogP contribution is -2.44. The van der Waals surface area contributed by atoms with Crippen molar-refractivity contribution in [1.29, 1.82) is 0 Å². The molecule has 2 unspecified atom stereocenters. The Morgan fingerprint density at radius 1 is 1.26 bits per heavy atom. The van der Waals surface area contributed by atoms with Crippen molar-refractivity contribution in [3.63, 3.8) is 0 Å². The van der Waals surface area contributed by atoms with Gasteiger partial charge in [-0.05, 0) is 49.8 Å². The van der Waals surface area contributed by atoms with Crippen LogP contribution >= 0.6 is 0 Å². The molecule has 1 aromatic rings. The smallest absolute Gasteiger partial charge is 0.335 e. The molecule has 1 saturated carbocycles. The summed E-state index contributed by atoms with van der Waals surface area (Å²) in [5.41, 5.74) is -0.531. The Labute approximate surface area is 161 Å². The molecule has 0 aliphatic heterocycles. The highest BCUT2D eigenvalue weighted by Gasteiger charge is 2.31.